The van der Waals surface area contributed by atoms with Gasteiger partial charge >= 0.3 is 19.8 Å². The highest BCUT2D eigenvalue weighted by molar-refractivity contribution is 7.46. The Hall–Kier alpha value is -1.21. The predicted octanol–water partition coefficient (Wildman–Crippen LogP) is 3.23. The van der Waals surface area contributed by atoms with Gasteiger partial charge in [0.15, 0.2) is 0 Å². The van der Waals surface area contributed by atoms with Crippen LogP contribution in [0.5, 0.6) is 0 Å². The summed E-state index contributed by atoms with van der Waals surface area (Å²) in [5, 5.41) is 0. The fourth-order valence-electron chi connectivity index (χ4n) is 1.10. The van der Waals surface area contributed by atoms with Gasteiger partial charge in [0.05, 0.1) is 17.4 Å². The Morgan fingerprint density at radius 2 is 1.38 bits per heavy atom. The Bertz CT molecular complexity index is 493. The third-order valence-electron chi connectivity index (χ3n) is 3.78. The van der Waals surface area contributed by atoms with Gasteiger partial charge in [-0.05, 0) is 40.5 Å². The Morgan fingerprint density at radius 1 is 0.962 bits per heavy atom. The van der Waals surface area contributed by atoms with Crippen LogP contribution in [0.2, 0.25) is 0 Å². The van der Waals surface area contributed by atoms with Gasteiger partial charge in [-0.2, -0.15) is 0 Å². The van der Waals surface area contributed by atoms with Crippen molar-refractivity contribution < 1.29 is 37.9 Å². The number of carbonyl (C=O) groups is 2. The molecule has 0 aliphatic rings. The first-order valence-corrected chi connectivity index (χ1v) is 9.92. The average molecular weight is 396 g/mol. The summed E-state index contributed by atoms with van der Waals surface area (Å²) in [7, 11) is -4.46. The summed E-state index contributed by atoms with van der Waals surface area (Å²) in [5.41, 5.74) is -0.939. The van der Waals surface area contributed by atoms with Crippen molar-refractivity contribution in [3.05, 3.63) is 12.7 Å². The molecule has 0 saturated heterocycles. The lowest BCUT2D eigenvalue weighted by atomic mass is 9.91. The highest BCUT2D eigenvalue weighted by atomic mass is 31.2. The molecule has 0 heterocycles. The van der Waals surface area contributed by atoms with Crippen LogP contribution in [-0.2, 0) is 28.2 Å². The molecule has 0 fully saturated rings. The number of rotatable bonds is 10. The largest absolute Gasteiger partial charge is 0.469 e. The van der Waals surface area contributed by atoms with Crippen molar-refractivity contribution in [2.24, 2.45) is 10.8 Å². The topological polar surface area (TPSA) is 119 Å². The lowest BCUT2D eigenvalue weighted by Gasteiger charge is -2.20. The second-order valence-corrected chi connectivity index (χ2v) is 8.06. The number of phosphoric acid groups is 1. The monoisotopic (exact) mass is 396 g/mol. The standard InChI is InChI=1S/C9H16O2.C8H17O6P/c1-5-7-11-8(10)9(3,4)6-2;1-4-8(2,3)7(9)13-5-6-14-15(10,11)12/h5H,1,6-7H2,2-4H3;4-6H2,1-3H3,(H2,10,11,12). The molecule has 0 aromatic rings. The zero-order valence-corrected chi connectivity index (χ0v) is 17.5. The Kier molecular flexibility index (Phi) is 12.7. The second kappa shape index (κ2) is 12.2. The molecule has 8 nitrogen and oxygen atoms in total. The zero-order valence-electron chi connectivity index (χ0n) is 16.6. The Balaban J connectivity index is 0. The highest BCUT2D eigenvalue weighted by Crippen LogP contribution is 2.35. The van der Waals surface area contributed by atoms with Crippen molar-refractivity contribution in [3.63, 3.8) is 0 Å². The fourth-order valence-corrected chi connectivity index (χ4v) is 1.42. The van der Waals surface area contributed by atoms with Crippen molar-refractivity contribution in [1.82, 2.24) is 0 Å². The number of esters is 2. The van der Waals surface area contributed by atoms with Crippen LogP contribution in [0.15, 0.2) is 12.7 Å². The van der Waals surface area contributed by atoms with E-state index < -0.39 is 19.2 Å². The van der Waals surface area contributed by atoms with Gasteiger partial charge in [0, 0.05) is 0 Å². The van der Waals surface area contributed by atoms with Gasteiger partial charge in [-0.25, -0.2) is 4.57 Å². The molecule has 0 amide bonds. The summed E-state index contributed by atoms with van der Waals surface area (Å²) in [6.07, 6.45) is 3.00. The summed E-state index contributed by atoms with van der Waals surface area (Å²) in [4.78, 5) is 39.2. The Labute approximate surface area is 156 Å². The number of phosphoric ester groups is 1. The smallest absolute Gasteiger partial charge is 0.463 e. The third kappa shape index (κ3) is 13.1. The normalized spacial score (nSPS) is 11.8. The molecule has 2 N–H and O–H groups in total. The van der Waals surface area contributed by atoms with E-state index in [9.17, 15) is 14.2 Å². The van der Waals surface area contributed by atoms with Gasteiger partial charge in [0.25, 0.3) is 0 Å². The van der Waals surface area contributed by atoms with E-state index in [1.807, 2.05) is 27.7 Å². The lowest BCUT2D eigenvalue weighted by molar-refractivity contribution is -0.155. The number of hydrogen-bond donors (Lipinski definition) is 2. The molecular weight excluding hydrogens is 363 g/mol. The van der Waals surface area contributed by atoms with E-state index >= 15 is 0 Å². The van der Waals surface area contributed by atoms with Crippen molar-refractivity contribution >= 4 is 19.8 Å². The van der Waals surface area contributed by atoms with Crippen LogP contribution in [0.3, 0.4) is 0 Å². The molecule has 26 heavy (non-hydrogen) atoms. The minimum Gasteiger partial charge on any atom is -0.463 e. The molecule has 0 atom stereocenters. The van der Waals surface area contributed by atoms with E-state index in [4.69, 9.17) is 19.3 Å². The van der Waals surface area contributed by atoms with Gasteiger partial charge in [-0.15, -0.1) is 0 Å². The van der Waals surface area contributed by atoms with Crippen LogP contribution in [0.25, 0.3) is 0 Å². The molecule has 0 spiro atoms. The molecule has 9 heteroatoms. The number of hydrogen-bond acceptors (Lipinski definition) is 6. The van der Waals surface area contributed by atoms with Gasteiger partial charge in [-0.3, -0.25) is 14.1 Å². The summed E-state index contributed by atoms with van der Waals surface area (Å²) in [5.74, 6) is -0.556. The van der Waals surface area contributed by atoms with Crippen LogP contribution >= 0.6 is 7.82 Å². The van der Waals surface area contributed by atoms with E-state index in [-0.39, 0.29) is 24.6 Å². The van der Waals surface area contributed by atoms with Crippen LogP contribution in [-0.4, -0.2) is 41.5 Å². The summed E-state index contributed by atoms with van der Waals surface area (Å²) in [6, 6.07) is 0. The minimum absolute atomic E-state index is 0.153. The molecule has 0 radical (unpaired) electrons. The molecule has 0 aliphatic carbocycles. The lowest BCUT2D eigenvalue weighted by Crippen LogP contribution is -2.26. The van der Waals surface area contributed by atoms with Crippen LogP contribution in [0.4, 0.5) is 0 Å². The van der Waals surface area contributed by atoms with Crippen molar-refractivity contribution in [2.75, 3.05) is 19.8 Å². The quantitative estimate of drug-likeness (QED) is 0.250. The summed E-state index contributed by atoms with van der Waals surface area (Å²) >= 11 is 0. The van der Waals surface area contributed by atoms with Gasteiger partial charge in [-0.1, -0.05) is 26.5 Å². The van der Waals surface area contributed by atoms with Crippen LogP contribution in [0.1, 0.15) is 54.4 Å². The number of carbonyl (C=O) groups excluding carboxylic acids is 2. The van der Waals surface area contributed by atoms with E-state index in [1.165, 1.54) is 0 Å². The second-order valence-electron chi connectivity index (χ2n) is 6.82. The molecule has 0 saturated carbocycles. The molecular formula is C17H33O8P. The molecule has 0 rings (SSSR count). The highest BCUT2D eigenvalue weighted by Gasteiger charge is 2.27. The molecule has 0 aromatic carbocycles. The maximum absolute atomic E-state index is 11.3. The predicted molar refractivity (Wildman–Crippen MR) is 98.3 cm³/mol. The van der Waals surface area contributed by atoms with Crippen molar-refractivity contribution in [2.45, 2.75) is 54.4 Å². The van der Waals surface area contributed by atoms with Gasteiger partial charge in [0.1, 0.15) is 13.2 Å². The van der Waals surface area contributed by atoms with E-state index in [0.29, 0.717) is 13.0 Å². The maximum atomic E-state index is 11.3. The van der Waals surface area contributed by atoms with E-state index in [2.05, 4.69) is 11.1 Å². The summed E-state index contributed by atoms with van der Waals surface area (Å²) in [6.45, 7) is 14.3. The molecule has 0 unspecified atom stereocenters. The molecule has 154 valence electrons. The number of ether oxygens (including phenoxy) is 2. The maximum Gasteiger partial charge on any atom is 0.469 e. The van der Waals surface area contributed by atoms with E-state index in [0.717, 1.165) is 6.42 Å². The van der Waals surface area contributed by atoms with Crippen LogP contribution in [0, 0.1) is 10.8 Å². The zero-order chi connectivity index (χ0) is 21.0. The van der Waals surface area contributed by atoms with Crippen LogP contribution < -0.4 is 0 Å². The molecule has 0 aromatic heterocycles. The molecule has 0 aliphatic heterocycles. The van der Waals surface area contributed by atoms with Crippen molar-refractivity contribution in [1.29, 1.82) is 0 Å². The van der Waals surface area contributed by atoms with E-state index in [1.54, 1.807) is 19.9 Å². The fraction of sp³-hybridized carbons (Fsp3) is 0.765. The SMILES string of the molecule is C=CCOC(=O)C(C)(C)CC.CCC(C)(C)C(=O)OCCOP(=O)(O)O. The first-order chi connectivity index (χ1) is 11.7. The van der Waals surface area contributed by atoms with Gasteiger partial charge < -0.3 is 19.3 Å². The Morgan fingerprint density at radius 3 is 1.73 bits per heavy atom. The summed E-state index contributed by atoms with van der Waals surface area (Å²) < 4.78 is 24.1. The molecule has 0 bridgehead atoms. The average Bonchev–Trinajstić information content (AvgIpc) is 2.55. The minimum atomic E-state index is -4.46. The van der Waals surface area contributed by atoms with Crippen molar-refractivity contribution in [3.8, 4) is 0 Å². The first kappa shape index (κ1) is 27.0. The first-order valence-electron chi connectivity index (χ1n) is 8.39. The van der Waals surface area contributed by atoms with Gasteiger partial charge in [0.2, 0.25) is 0 Å². The third-order valence-corrected chi connectivity index (χ3v) is 4.30.